The molecular formula is C14H21F3N2O3. The molecule has 1 rings (SSSR count). The smallest absolute Gasteiger partial charge is 0.356 e. The van der Waals surface area contributed by atoms with Crippen molar-refractivity contribution in [1.29, 1.82) is 0 Å². The van der Waals surface area contributed by atoms with Crippen LogP contribution in [0.15, 0.2) is 6.20 Å². The van der Waals surface area contributed by atoms with Gasteiger partial charge in [0.25, 0.3) is 6.43 Å². The van der Waals surface area contributed by atoms with Crippen molar-refractivity contribution in [2.75, 3.05) is 31.7 Å². The van der Waals surface area contributed by atoms with Crippen LogP contribution in [0.2, 0.25) is 0 Å². The number of anilines is 1. The second kappa shape index (κ2) is 9.34. The topological polar surface area (TPSA) is 63.4 Å². The molecular weight excluding hydrogens is 301 g/mol. The van der Waals surface area contributed by atoms with E-state index in [9.17, 15) is 18.0 Å². The van der Waals surface area contributed by atoms with Crippen LogP contribution in [0.5, 0.6) is 0 Å². The molecule has 0 bridgehead atoms. The summed E-state index contributed by atoms with van der Waals surface area (Å²) in [4.78, 5) is 14.5. The molecule has 126 valence electrons. The first-order valence-electron chi connectivity index (χ1n) is 7.05. The highest BCUT2D eigenvalue weighted by Crippen LogP contribution is 2.20. The van der Waals surface area contributed by atoms with Crippen molar-refractivity contribution < 1.29 is 27.4 Å². The van der Waals surface area contributed by atoms with Gasteiger partial charge in [0.2, 0.25) is 0 Å². The number of hydrogen-bond acceptors (Lipinski definition) is 4. The molecule has 2 N–H and O–H groups in total. The van der Waals surface area contributed by atoms with E-state index in [4.69, 9.17) is 9.47 Å². The average molecular weight is 322 g/mol. The molecule has 1 heterocycles. The van der Waals surface area contributed by atoms with Gasteiger partial charge in [0, 0.05) is 19.2 Å². The summed E-state index contributed by atoms with van der Waals surface area (Å²) in [5.41, 5.74) is 1.60. The number of halogens is 3. The lowest BCUT2D eigenvalue weighted by Gasteiger charge is -2.16. The fraction of sp³-hybridized carbons (Fsp3) is 0.643. The van der Waals surface area contributed by atoms with Gasteiger partial charge in [-0.25, -0.2) is 13.6 Å². The predicted octanol–water partition coefficient (Wildman–Crippen LogP) is 2.92. The van der Waals surface area contributed by atoms with Crippen LogP contribution >= 0.6 is 0 Å². The summed E-state index contributed by atoms with van der Waals surface area (Å²) >= 11 is 0. The lowest BCUT2D eigenvalue weighted by Crippen LogP contribution is -2.25. The third-order valence-electron chi connectivity index (χ3n) is 2.97. The van der Waals surface area contributed by atoms with Crippen LogP contribution in [-0.2, 0) is 9.47 Å². The molecule has 0 amide bonds. The van der Waals surface area contributed by atoms with E-state index in [0.717, 1.165) is 5.56 Å². The van der Waals surface area contributed by atoms with Gasteiger partial charge < -0.3 is 19.8 Å². The monoisotopic (exact) mass is 322 g/mol. The number of esters is 1. The molecule has 22 heavy (non-hydrogen) atoms. The number of alkyl halides is 3. The molecule has 0 aromatic carbocycles. The highest BCUT2D eigenvalue weighted by molar-refractivity contribution is 5.94. The third-order valence-corrected chi connectivity index (χ3v) is 2.97. The van der Waals surface area contributed by atoms with Crippen molar-refractivity contribution in [1.82, 2.24) is 4.98 Å². The number of aromatic nitrogens is 1. The van der Waals surface area contributed by atoms with Crippen LogP contribution in [-0.4, -0.2) is 49.9 Å². The first-order chi connectivity index (χ1) is 10.5. The molecule has 0 saturated heterocycles. The number of carbonyl (C=O) groups excluding carboxylic acids is 1. The van der Waals surface area contributed by atoms with Gasteiger partial charge in [0.05, 0.1) is 25.6 Å². The van der Waals surface area contributed by atoms with E-state index < -0.39 is 25.2 Å². The molecule has 0 spiro atoms. The zero-order valence-corrected chi connectivity index (χ0v) is 12.6. The van der Waals surface area contributed by atoms with E-state index in [1.165, 1.54) is 0 Å². The Kier molecular flexibility index (Phi) is 7.79. The summed E-state index contributed by atoms with van der Waals surface area (Å²) in [6, 6.07) is 0. The lowest BCUT2D eigenvalue weighted by molar-refractivity contribution is -0.0582. The van der Waals surface area contributed by atoms with Crippen molar-refractivity contribution in [3.63, 3.8) is 0 Å². The Morgan fingerprint density at radius 2 is 2.18 bits per heavy atom. The molecule has 1 atom stereocenters. The van der Waals surface area contributed by atoms with Crippen LogP contribution in [0.25, 0.3) is 0 Å². The first-order valence-corrected chi connectivity index (χ1v) is 7.05. The summed E-state index contributed by atoms with van der Waals surface area (Å²) in [6.45, 7) is 3.06. The third kappa shape index (κ3) is 5.25. The van der Waals surface area contributed by atoms with Crippen molar-refractivity contribution in [3.8, 4) is 0 Å². The Hall–Kier alpha value is -1.70. The van der Waals surface area contributed by atoms with Gasteiger partial charge in [-0.1, -0.05) is 0 Å². The van der Waals surface area contributed by atoms with Gasteiger partial charge in [-0.15, -0.1) is 0 Å². The largest absolute Gasteiger partial charge is 0.461 e. The first kappa shape index (κ1) is 18.3. The SMILES string of the molecule is CCOC(=O)c1[nH]cc(C)c1NCCOC(CCF)C(F)F. The summed E-state index contributed by atoms with van der Waals surface area (Å²) in [6.07, 6.45) is -2.83. The molecule has 1 aromatic heterocycles. The highest BCUT2D eigenvalue weighted by Gasteiger charge is 2.21. The molecule has 1 unspecified atom stereocenters. The number of hydrogen-bond donors (Lipinski definition) is 2. The predicted molar refractivity (Wildman–Crippen MR) is 76.3 cm³/mol. The molecule has 0 saturated carbocycles. The summed E-state index contributed by atoms with van der Waals surface area (Å²) in [5.74, 6) is -0.498. The minimum Gasteiger partial charge on any atom is -0.461 e. The normalized spacial score (nSPS) is 12.5. The molecule has 0 fully saturated rings. The molecule has 5 nitrogen and oxygen atoms in total. The van der Waals surface area contributed by atoms with E-state index in [2.05, 4.69) is 10.3 Å². The number of aryl methyl sites for hydroxylation is 1. The van der Waals surface area contributed by atoms with E-state index >= 15 is 0 Å². The number of ether oxygens (including phenoxy) is 2. The molecule has 0 aliphatic heterocycles. The Labute approximate surface area is 127 Å². The van der Waals surface area contributed by atoms with Gasteiger partial charge in [0.1, 0.15) is 11.8 Å². The number of rotatable bonds is 10. The molecule has 0 aliphatic carbocycles. The minimum atomic E-state index is -2.72. The summed E-state index contributed by atoms with van der Waals surface area (Å²) in [7, 11) is 0. The van der Waals surface area contributed by atoms with Gasteiger partial charge in [0.15, 0.2) is 0 Å². The van der Waals surface area contributed by atoms with Crippen LogP contribution in [0.4, 0.5) is 18.9 Å². The van der Waals surface area contributed by atoms with E-state index in [0.29, 0.717) is 5.69 Å². The second-order valence-corrected chi connectivity index (χ2v) is 4.59. The van der Waals surface area contributed by atoms with Gasteiger partial charge >= 0.3 is 5.97 Å². The van der Waals surface area contributed by atoms with Gasteiger partial charge in [-0.3, -0.25) is 4.39 Å². The van der Waals surface area contributed by atoms with Crippen LogP contribution in [0.3, 0.4) is 0 Å². The maximum atomic E-state index is 12.5. The number of H-pyrrole nitrogens is 1. The molecule has 0 aliphatic rings. The highest BCUT2D eigenvalue weighted by atomic mass is 19.3. The zero-order chi connectivity index (χ0) is 16.5. The fourth-order valence-electron chi connectivity index (χ4n) is 1.89. The Bertz CT molecular complexity index is 466. The molecule has 0 radical (unpaired) electrons. The van der Waals surface area contributed by atoms with E-state index in [1.807, 2.05) is 0 Å². The Morgan fingerprint density at radius 3 is 2.77 bits per heavy atom. The summed E-state index contributed by atoms with van der Waals surface area (Å²) < 4.78 is 47.0. The quantitative estimate of drug-likeness (QED) is 0.513. The maximum Gasteiger partial charge on any atom is 0.356 e. The maximum absolute atomic E-state index is 12.5. The van der Waals surface area contributed by atoms with Crippen LogP contribution in [0.1, 0.15) is 29.4 Å². The number of nitrogens with one attached hydrogen (secondary N) is 2. The van der Waals surface area contributed by atoms with E-state index in [-0.39, 0.29) is 31.9 Å². The van der Waals surface area contributed by atoms with Crippen LogP contribution < -0.4 is 5.32 Å². The average Bonchev–Trinajstić information content (AvgIpc) is 2.83. The molecule has 8 heteroatoms. The van der Waals surface area contributed by atoms with Crippen LogP contribution in [0, 0.1) is 6.92 Å². The zero-order valence-electron chi connectivity index (χ0n) is 12.6. The minimum absolute atomic E-state index is 0.0259. The standard InChI is InChI=1S/C14H21F3N2O3/c1-3-21-14(20)12-11(9(2)8-19-12)18-6-7-22-10(4-5-15)13(16)17/h8,10,13,18-19H,3-7H2,1-2H3. The van der Waals surface area contributed by atoms with Gasteiger partial charge in [-0.05, 0) is 19.4 Å². The Balaban J connectivity index is 2.51. The number of carbonyl (C=O) groups is 1. The number of aromatic amines is 1. The Morgan fingerprint density at radius 1 is 1.45 bits per heavy atom. The van der Waals surface area contributed by atoms with Crippen molar-refractivity contribution in [2.24, 2.45) is 0 Å². The fourth-order valence-corrected chi connectivity index (χ4v) is 1.89. The lowest BCUT2D eigenvalue weighted by atomic mass is 10.2. The van der Waals surface area contributed by atoms with Crippen molar-refractivity contribution in [2.45, 2.75) is 32.8 Å². The van der Waals surface area contributed by atoms with Gasteiger partial charge in [-0.2, -0.15) is 0 Å². The van der Waals surface area contributed by atoms with E-state index in [1.54, 1.807) is 20.0 Å². The summed E-state index contributed by atoms with van der Waals surface area (Å²) in [5, 5.41) is 2.94. The second-order valence-electron chi connectivity index (χ2n) is 4.59. The molecule has 1 aromatic rings. The van der Waals surface area contributed by atoms with Crippen molar-refractivity contribution in [3.05, 3.63) is 17.5 Å². The van der Waals surface area contributed by atoms with Crippen molar-refractivity contribution >= 4 is 11.7 Å².